The maximum absolute atomic E-state index is 11.9. The molecule has 0 unspecified atom stereocenters. The third-order valence-electron chi connectivity index (χ3n) is 3.47. The molecule has 1 rings (SSSR count). The van der Waals surface area contributed by atoms with Crippen LogP contribution in [0.25, 0.3) is 0 Å². The first-order chi connectivity index (χ1) is 8.32. The van der Waals surface area contributed by atoms with Crippen molar-refractivity contribution in [3.8, 4) is 0 Å². The van der Waals surface area contributed by atoms with Gasteiger partial charge in [0, 0.05) is 32.1 Å². The number of amides is 1. The summed E-state index contributed by atoms with van der Waals surface area (Å²) in [5.41, 5.74) is -0.640. The van der Waals surface area contributed by atoms with Crippen molar-refractivity contribution in [2.24, 2.45) is 5.92 Å². The van der Waals surface area contributed by atoms with Crippen LogP contribution in [-0.4, -0.2) is 47.2 Å². The molecule has 4 nitrogen and oxygen atoms in total. The number of nitrogens with one attached hydrogen (secondary N) is 1. The van der Waals surface area contributed by atoms with E-state index >= 15 is 0 Å². The SMILES string of the molecule is CC(C)CC(=O)N1CCC(O)(CNC(C)C)CC1. The summed E-state index contributed by atoms with van der Waals surface area (Å²) in [7, 11) is 0. The lowest BCUT2D eigenvalue weighted by Crippen LogP contribution is -2.52. The molecule has 0 radical (unpaired) electrons. The van der Waals surface area contributed by atoms with E-state index in [1.807, 2.05) is 4.90 Å². The molecule has 0 aromatic carbocycles. The first-order valence-electron chi connectivity index (χ1n) is 7.06. The number of piperidine rings is 1. The Morgan fingerprint density at radius 1 is 1.28 bits per heavy atom. The number of carbonyl (C=O) groups is 1. The lowest BCUT2D eigenvalue weighted by atomic mass is 9.90. The molecule has 0 atom stereocenters. The quantitative estimate of drug-likeness (QED) is 0.781. The monoisotopic (exact) mass is 256 g/mol. The maximum Gasteiger partial charge on any atom is 0.222 e. The van der Waals surface area contributed by atoms with Crippen molar-refractivity contribution in [1.82, 2.24) is 10.2 Å². The highest BCUT2D eigenvalue weighted by atomic mass is 16.3. The second-order valence-corrected chi connectivity index (χ2v) is 6.24. The minimum absolute atomic E-state index is 0.226. The lowest BCUT2D eigenvalue weighted by molar-refractivity contribution is -0.136. The number of hydrogen-bond donors (Lipinski definition) is 2. The second-order valence-electron chi connectivity index (χ2n) is 6.24. The van der Waals surface area contributed by atoms with Crippen molar-refractivity contribution in [3.05, 3.63) is 0 Å². The Labute approximate surface area is 111 Å². The predicted octanol–water partition coefficient (Wildman–Crippen LogP) is 1.38. The fraction of sp³-hybridized carbons (Fsp3) is 0.929. The largest absolute Gasteiger partial charge is 0.388 e. The minimum atomic E-state index is -0.640. The molecule has 1 aliphatic rings. The van der Waals surface area contributed by atoms with Gasteiger partial charge in [-0.2, -0.15) is 0 Å². The lowest BCUT2D eigenvalue weighted by Gasteiger charge is -2.39. The number of nitrogens with zero attached hydrogens (tertiary/aromatic N) is 1. The summed E-state index contributed by atoms with van der Waals surface area (Å²) in [4.78, 5) is 13.8. The summed E-state index contributed by atoms with van der Waals surface area (Å²) in [6.45, 7) is 10.3. The van der Waals surface area contributed by atoms with Crippen molar-refractivity contribution in [1.29, 1.82) is 0 Å². The van der Waals surface area contributed by atoms with Gasteiger partial charge in [-0.1, -0.05) is 27.7 Å². The molecule has 1 amide bonds. The highest BCUT2D eigenvalue weighted by molar-refractivity contribution is 5.76. The Morgan fingerprint density at radius 3 is 2.28 bits per heavy atom. The van der Waals surface area contributed by atoms with E-state index in [4.69, 9.17) is 0 Å². The molecule has 1 heterocycles. The van der Waals surface area contributed by atoms with Crippen LogP contribution >= 0.6 is 0 Å². The molecule has 1 fully saturated rings. The number of hydrogen-bond acceptors (Lipinski definition) is 3. The first-order valence-corrected chi connectivity index (χ1v) is 7.06. The van der Waals surface area contributed by atoms with E-state index in [1.165, 1.54) is 0 Å². The van der Waals surface area contributed by atoms with E-state index in [9.17, 15) is 9.90 Å². The third kappa shape index (κ3) is 4.94. The summed E-state index contributed by atoms with van der Waals surface area (Å²) in [6, 6.07) is 0.384. The summed E-state index contributed by atoms with van der Waals surface area (Å²) in [6.07, 6.45) is 1.97. The average molecular weight is 256 g/mol. The van der Waals surface area contributed by atoms with Gasteiger partial charge in [-0.3, -0.25) is 4.79 Å². The zero-order valence-corrected chi connectivity index (χ0v) is 12.2. The van der Waals surface area contributed by atoms with Crippen molar-refractivity contribution in [3.63, 3.8) is 0 Å². The molecule has 0 bridgehead atoms. The molecule has 0 spiro atoms. The summed E-state index contributed by atoms with van der Waals surface area (Å²) < 4.78 is 0. The Balaban J connectivity index is 2.37. The highest BCUT2D eigenvalue weighted by Gasteiger charge is 2.33. The van der Waals surface area contributed by atoms with E-state index < -0.39 is 5.60 Å². The third-order valence-corrected chi connectivity index (χ3v) is 3.47. The second kappa shape index (κ2) is 6.53. The topological polar surface area (TPSA) is 52.6 Å². The van der Waals surface area contributed by atoms with Crippen LogP contribution in [0.3, 0.4) is 0 Å². The van der Waals surface area contributed by atoms with Gasteiger partial charge in [-0.05, 0) is 18.8 Å². The summed E-state index contributed by atoms with van der Waals surface area (Å²) in [5, 5.41) is 13.7. The van der Waals surface area contributed by atoms with Gasteiger partial charge in [0.1, 0.15) is 0 Å². The van der Waals surface area contributed by atoms with Crippen molar-refractivity contribution in [2.75, 3.05) is 19.6 Å². The van der Waals surface area contributed by atoms with E-state index in [1.54, 1.807) is 0 Å². The molecule has 0 aliphatic carbocycles. The molecule has 1 aliphatic heterocycles. The zero-order chi connectivity index (χ0) is 13.8. The van der Waals surface area contributed by atoms with Crippen LogP contribution < -0.4 is 5.32 Å². The average Bonchev–Trinajstić information content (AvgIpc) is 2.26. The molecule has 0 aromatic rings. The van der Waals surface area contributed by atoms with Crippen LogP contribution in [0.5, 0.6) is 0 Å². The summed E-state index contributed by atoms with van der Waals surface area (Å²) in [5.74, 6) is 0.629. The van der Waals surface area contributed by atoms with E-state index in [0.29, 0.717) is 50.9 Å². The molecular weight excluding hydrogens is 228 g/mol. The fourth-order valence-corrected chi connectivity index (χ4v) is 2.22. The van der Waals surface area contributed by atoms with Gasteiger partial charge in [0.05, 0.1) is 5.60 Å². The Hall–Kier alpha value is -0.610. The van der Waals surface area contributed by atoms with Crippen LogP contribution in [0.1, 0.15) is 47.0 Å². The highest BCUT2D eigenvalue weighted by Crippen LogP contribution is 2.22. The van der Waals surface area contributed by atoms with Gasteiger partial charge in [0.2, 0.25) is 5.91 Å². The molecule has 1 saturated heterocycles. The van der Waals surface area contributed by atoms with Crippen LogP contribution in [0, 0.1) is 5.92 Å². The molecule has 2 N–H and O–H groups in total. The number of carbonyl (C=O) groups excluding carboxylic acids is 1. The van der Waals surface area contributed by atoms with Crippen molar-refractivity contribution >= 4 is 5.91 Å². The molecule has 18 heavy (non-hydrogen) atoms. The van der Waals surface area contributed by atoms with Crippen LogP contribution in [0.2, 0.25) is 0 Å². The Morgan fingerprint density at radius 2 is 1.83 bits per heavy atom. The van der Waals surface area contributed by atoms with Gasteiger partial charge < -0.3 is 15.3 Å². The van der Waals surface area contributed by atoms with Crippen LogP contribution in [0.4, 0.5) is 0 Å². The van der Waals surface area contributed by atoms with Gasteiger partial charge >= 0.3 is 0 Å². The smallest absolute Gasteiger partial charge is 0.222 e. The first kappa shape index (κ1) is 15.4. The zero-order valence-electron chi connectivity index (χ0n) is 12.2. The van der Waals surface area contributed by atoms with Crippen molar-refractivity contribution in [2.45, 2.75) is 58.6 Å². The van der Waals surface area contributed by atoms with Gasteiger partial charge in [-0.15, -0.1) is 0 Å². The summed E-state index contributed by atoms with van der Waals surface area (Å²) >= 11 is 0. The molecule has 106 valence electrons. The van der Waals surface area contributed by atoms with Gasteiger partial charge in [0.15, 0.2) is 0 Å². The molecular formula is C14H28N2O2. The van der Waals surface area contributed by atoms with Gasteiger partial charge in [-0.25, -0.2) is 0 Å². The van der Waals surface area contributed by atoms with E-state index in [-0.39, 0.29) is 5.91 Å². The van der Waals surface area contributed by atoms with E-state index in [0.717, 1.165) is 0 Å². The number of rotatable bonds is 5. The van der Waals surface area contributed by atoms with Crippen LogP contribution in [-0.2, 0) is 4.79 Å². The normalized spacial score (nSPS) is 19.6. The maximum atomic E-state index is 11.9. The number of aliphatic hydroxyl groups is 1. The van der Waals surface area contributed by atoms with Crippen molar-refractivity contribution < 1.29 is 9.90 Å². The van der Waals surface area contributed by atoms with E-state index in [2.05, 4.69) is 33.0 Å². The number of likely N-dealkylation sites (tertiary alicyclic amines) is 1. The molecule has 4 heteroatoms. The molecule has 0 aromatic heterocycles. The minimum Gasteiger partial charge on any atom is -0.388 e. The fourth-order valence-electron chi connectivity index (χ4n) is 2.22. The van der Waals surface area contributed by atoms with Gasteiger partial charge in [0.25, 0.3) is 0 Å². The Bertz CT molecular complexity index is 269. The molecule has 0 saturated carbocycles. The predicted molar refractivity (Wildman–Crippen MR) is 73.4 cm³/mol. The standard InChI is InChI=1S/C14H28N2O2/c1-11(2)9-13(17)16-7-5-14(18,6-8-16)10-15-12(3)4/h11-12,15,18H,5-10H2,1-4H3. The Kier molecular flexibility index (Phi) is 5.60. The van der Waals surface area contributed by atoms with Crippen LogP contribution in [0.15, 0.2) is 0 Å².